The van der Waals surface area contributed by atoms with Crippen LogP contribution in [0, 0.1) is 0 Å². The molecule has 302 valence electrons. The summed E-state index contributed by atoms with van der Waals surface area (Å²) in [7, 11) is 0. The third-order valence-electron chi connectivity index (χ3n) is 12.9. The molecule has 0 saturated heterocycles. The molecule has 0 aliphatic rings. The highest BCUT2D eigenvalue weighted by Gasteiger charge is 2.19. The van der Waals surface area contributed by atoms with E-state index in [4.69, 9.17) is 8.83 Å². The predicted molar refractivity (Wildman–Crippen MR) is 263 cm³/mol. The van der Waals surface area contributed by atoms with Crippen LogP contribution in [-0.2, 0) is 25.7 Å². The Labute approximate surface area is 362 Å². The third-order valence-corrected chi connectivity index (χ3v) is 12.9. The van der Waals surface area contributed by atoms with Crippen molar-refractivity contribution in [2.75, 3.05) is 9.80 Å². The van der Waals surface area contributed by atoms with E-state index in [1.807, 2.05) is 0 Å². The second-order valence-electron chi connectivity index (χ2n) is 16.6. The Balaban J connectivity index is 0.982. The molecule has 2 heterocycles. The molecular formula is C58H48N2O2. The van der Waals surface area contributed by atoms with E-state index in [0.29, 0.717) is 0 Å². The standard InChI is InChI=1S/C58H48N2O2/c1-5-37-9-19-45(20-10-37)59(46-21-11-38(6-2)12-22-46)49-27-17-41-31-51-53-35-54-52-32-42-18-28-50(60(47-23-13-39(7-3)14-24-47)48-25-15-40(8-4)16-26-48)30-44(42)34-56(52)62-58(54)36-57(53)61-55(51)33-43(41)29-49/h9-36H,5-8H2,1-4H3. The Morgan fingerprint density at radius 2 is 0.565 bits per heavy atom. The van der Waals surface area contributed by atoms with Gasteiger partial charge in [0.25, 0.3) is 0 Å². The lowest BCUT2D eigenvalue weighted by molar-refractivity contribution is 0.656. The molecule has 0 spiro atoms. The summed E-state index contributed by atoms with van der Waals surface area (Å²) in [6.07, 6.45) is 4.05. The number of furan rings is 2. The molecule has 0 unspecified atom stereocenters. The van der Waals surface area contributed by atoms with Gasteiger partial charge in [-0.2, -0.15) is 0 Å². The summed E-state index contributed by atoms with van der Waals surface area (Å²) < 4.78 is 13.3. The van der Waals surface area contributed by atoms with E-state index in [1.54, 1.807) is 0 Å². The van der Waals surface area contributed by atoms with Gasteiger partial charge in [0.2, 0.25) is 0 Å². The fourth-order valence-electron chi connectivity index (χ4n) is 9.20. The van der Waals surface area contributed by atoms with Gasteiger partial charge in [-0.15, -0.1) is 0 Å². The highest BCUT2D eigenvalue weighted by molar-refractivity contribution is 6.18. The molecule has 0 atom stereocenters. The van der Waals surface area contributed by atoms with Gasteiger partial charge < -0.3 is 18.6 Å². The summed E-state index contributed by atoms with van der Waals surface area (Å²) in [6.45, 7) is 8.79. The first-order valence-corrected chi connectivity index (χ1v) is 22.1. The monoisotopic (exact) mass is 804 g/mol. The molecule has 0 fully saturated rings. The van der Waals surface area contributed by atoms with E-state index in [1.165, 1.54) is 33.0 Å². The zero-order valence-electron chi connectivity index (χ0n) is 35.7. The van der Waals surface area contributed by atoms with E-state index < -0.39 is 0 Å². The molecule has 11 aromatic rings. The Kier molecular flexibility index (Phi) is 9.30. The fraction of sp³-hybridized carbons (Fsp3) is 0.138. The summed E-state index contributed by atoms with van der Waals surface area (Å²) in [4.78, 5) is 4.69. The molecule has 0 saturated carbocycles. The van der Waals surface area contributed by atoms with Gasteiger partial charge in [-0.05, 0) is 173 Å². The van der Waals surface area contributed by atoms with Crippen LogP contribution in [0.2, 0.25) is 0 Å². The van der Waals surface area contributed by atoms with Crippen molar-refractivity contribution < 1.29 is 8.83 Å². The van der Waals surface area contributed by atoms with Crippen LogP contribution >= 0.6 is 0 Å². The summed E-state index contributed by atoms with van der Waals surface area (Å²) in [6, 6.07) is 62.5. The largest absolute Gasteiger partial charge is 0.456 e. The van der Waals surface area contributed by atoms with E-state index >= 15 is 0 Å². The molecule has 11 rings (SSSR count). The van der Waals surface area contributed by atoms with Gasteiger partial charge in [-0.1, -0.05) is 88.4 Å². The number of nitrogens with zero attached hydrogens (tertiary/aromatic N) is 2. The first-order chi connectivity index (χ1) is 30.5. The smallest absolute Gasteiger partial charge is 0.139 e. The van der Waals surface area contributed by atoms with Gasteiger partial charge in [0.15, 0.2) is 0 Å². The molecule has 0 aliphatic heterocycles. The van der Waals surface area contributed by atoms with E-state index in [-0.39, 0.29) is 0 Å². The quantitative estimate of drug-likeness (QED) is 0.138. The number of anilines is 6. The zero-order valence-corrected chi connectivity index (χ0v) is 35.7. The van der Waals surface area contributed by atoms with E-state index in [2.05, 4.69) is 207 Å². The van der Waals surface area contributed by atoms with Crippen molar-refractivity contribution >= 4 is 99.5 Å². The number of benzene rings is 9. The normalized spacial score (nSPS) is 11.8. The maximum atomic E-state index is 6.64. The maximum Gasteiger partial charge on any atom is 0.139 e. The van der Waals surface area contributed by atoms with Gasteiger partial charge in [-0.3, -0.25) is 0 Å². The summed E-state index contributed by atoms with van der Waals surface area (Å²) >= 11 is 0. The number of hydrogen-bond acceptors (Lipinski definition) is 4. The molecule has 4 nitrogen and oxygen atoms in total. The van der Waals surface area contributed by atoms with Gasteiger partial charge in [0, 0.05) is 61.7 Å². The number of aryl methyl sites for hydroxylation is 4. The van der Waals surface area contributed by atoms with Crippen molar-refractivity contribution in [3.8, 4) is 0 Å². The Hall–Kier alpha value is -7.30. The molecule has 0 N–H and O–H groups in total. The van der Waals surface area contributed by atoms with Gasteiger partial charge >= 0.3 is 0 Å². The summed E-state index contributed by atoms with van der Waals surface area (Å²) in [5, 5.41) is 8.97. The van der Waals surface area contributed by atoms with Crippen LogP contribution in [0.1, 0.15) is 49.9 Å². The van der Waals surface area contributed by atoms with Crippen molar-refractivity contribution in [3.05, 3.63) is 192 Å². The lowest BCUT2D eigenvalue weighted by Gasteiger charge is -2.26. The van der Waals surface area contributed by atoms with Gasteiger partial charge in [0.05, 0.1) is 0 Å². The van der Waals surface area contributed by atoms with Crippen LogP contribution < -0.4 is 9.80 Å². The van der Waals surface area contributed by atoms with Crippen LogP contribution in [0.3, 0.4) is 0 Å². The molecule has 0 bridgehead atoms. The molecule has 0 amide bonds. The first-order valence-electron chi connectivity index (χ1n) is 22.1. The maximum absolute atomic E-state index is 6.64. The molecule has 9 aromatic carbocycles. The number of hydrogen-bond donors (Lipinski definition) is 0. The van der Waals surface area contributed by atoms with Crippen molar-refractivity contribution in [2.24, 2.45) is 0 Å². The minimum absolute atomic E-state index is 0.821. The minimum Gasteiger partial charge on any atom is -0.456 e. The average Bonchev–Trinajstić information content (AvgIpc) is 3.85. The number of rotatable bonds is 10. The highest BCUT2D eigenvalue weighted by Crippen LogP contribution is 2.43. The Morgan fingerprint density at radius 3 is 0.887 bits per heavy atom. The lowest BCUT2D eigenvalue weighted by Crippen LogP contribution is -2.10. The first kappa shape index (κ1) is 37.7. The van der Waals surface area contributed by atoms with Crippen molar-refractivity contribution in [2.45, 2.75) is 53.4 Å². The van der Waals surface area contributed by atoms with Crippen molar-refractivity contribution in [1.29, 1.82) is 0 Å². The summed E-state index contributed by atoms with van der Waals surface area (Å²) in [5.41, 5.74) is 15.4. The van der Waals surface area contributed by atoms with Crippen LogP contribution in [0.4, 0.5) is 34.1 Å². The second-order valence-corrected chi connectivity index (χ2v) is 16.6. The summed E-state index contributed by atoms with van der Waals surface area (Å²) in [5.74, 6) is 0. The molecule has 2 aromatic heterocycles. The fourth-order valence-corrected chi connectivity index (χ4v) is 9.20. The van der Waals surface area contributed by atoms with E-state index in [0.717, 1.165) is 114 Å². The highest BCUT2D eigenvalue weighted by atomic mass is 16.3. The molecular weight excluding hydrogens is 757 g/mol. The molecule has 0 radical (unpaired) electrons. The second kappa shape index (κ2) is 15.3. The molecule has 62 heavy (non-hydrogen) atoms. The zero-order chi connectivity index (χ0) is 41.9. The van der Waals surface area contributed by atoms with Crippen LogP contribution in [-0.4, -0.2) is 0 Å². The van der Waals surface area contributed by atoms with Crippen molar-refractivity contribution in [3.63, 3.8) is 0 Å². The number of fused-ring (bicyclic) bond motifs is 8. The average molecular weight is 805 g/mol. The van der Waals surface area contributed by atoms with Gasteiger partial charge in [0.1, 0.15) is 22.3 Å². The predicted octanol–water partition coefficient (Wildman–Crippen LogP) is 17.0. The van der Waals surface area contributed by atoms with Gasteiger partial charge in [-0.25, -0.2) is 0 Å². The van der Waals surface area contributed by atoms with Crippen LogP contribution in [0.15, 0.2) is 179 Å². The lowest BCUT2D eigenvalue weighted by atomic mass is 10.0. The topological polar surface area (TPSA) is 32.8 Å². The van der Waals surface area contributed by atoms with E-state index in [9.17, 15) is 0 Å². The molecule has 4 heteroatoms. The third kappa shape index (κ3) is 6.55. The van der Waals surface area contributed by atoms with Crippen LogP contribution in [0.25, 0.3) is 65.4 Å². The molecule has 0 aliphatic carbocycles. The van der Waals surface area contributed by atoms with Crippen LogP contribution in [0.5, 0.6) is 0 Å². The SMILES string of the molecule is CCc1ccc(N(c2ccc(CC)cc2)c2ccc3cc4c(cc3c2)oc2cc3oc5cc6cc(N(c7ccc(CC)cc7)c7ccc(CC)cc7)ccc6cc5c3cc24)cc1. The minimum atomic E-state index is 0.821. The van der Waals surface area contributed by atoms with Crippen molar-refractivity contribution in [1.82, 2.24) is 0 Å². The Morgan fingerprint density at radius 1 is 0.274 bits per heavy atom. The Bertz CT molecular complexity index is 3110.